The van der Waals surface area contributed by atoms with Crippen molar-refractivity contribution in [2.75, 3.05) is 7.05 Å². The van der Waals surface area contributed by atoms with Crippen molar-refractivity contribution in [2.24, 2.45) is 0 Å². The van der Waals surface area contributed by atoms with Gasteiger partial charge in [-0.05, 0) is 24.6 Å². The Hall–Kier alpha value is -1.28. The average Bonchev–Trinajstić information content (AvgIpc) is 2.58. The lowest BCUT2D eigenvalue weighted by molar-refractivity contribution is 0.768. The summed E-state index contributed by atoms with van der Waals surface area (Å²) in [7, 11) is 1.99. The van der Waals surface area contributed by atoms with Crippen molar-refractivity contribution in [1.82, 2.24) is 10.3 Å². The lowest BCUT2D eigenvalue weighted by Crippen LogP contribution is -2.07. The van der Waals surface area contributed by atoms with Gasteiger partial charge in [0.1, 0.15) is 0 Å². The molecule has 80 valence electrons. The fourth-order valence-corrected chi connectivity index (χ4v) is 2.08. The molecule has 0 radical (unpaired) electrons. The van der Waals surface area contributed by atoms with E-state index >= 15 is 0 Å². The molecule has 0 aliphatic heterocycles. The van der Waals surface area contributed by atoms with Gasteiger partial charge in [-0.25, -0.2) is 0 Å². The minimum atomic E-state index is 0.542. The number of rotatable bonds is 3. The van der Waals surface area contributed by atoms with E-state index in [1.165, 1.54) is 22.2 Å². The number of nitrogens with one attached hydrogen (secondary N) is 2. The van der Waals surface area contributed by atoms with Crippen LogP contribution in [0.3, 0.4) is 0 Å². The van der Waals surface area contributed by atoms with E-state index in [0.29, 0.717) is 5.92 Å². The summed E-state index contributed by atoms with van der Waals surface area (Å²) in [5.41, 5.74) is 4.00. The normalized spacial score (nSPS) is 11.5. The minimum absolute atomic E-state index is 0.542. The van der Waals surface area contributed by atoms with Crippen LogP contribution in [0.2, 0.25) is 0 Å². The molecule has 1 aromatic heterocycles. The van der Waals surface area contributed by atoms with Gasteiger partial charge in [0.25, 0.3) is 0 Å². The number of hydrogen-bond acceptors (Lipinski definition) is 1. The molecule has 2 aromatic rings. The molecular weight excluding hydrogens is 184 g/mol. The van der Waals surface area contributed by atoms with E-state index in [-0.39, 0.29) is 0 Å². The van der Waals surface area contributed by atoms with E-state index in [1.807, 2.05) is 7.05 Å². The van der Waals surface area contributed by atoms with Crippen molar-refractivity contribution in [3.8, 4) is 0 Å². The summed E-state index contributed by atoms with van der Waals surface area (Å²) in [6.07, 6.45) is 0. The molecule has 0 atom stereocenters. The molecule has 0 bridgehead atoms. The van der Waals surface area contributed by atoms with Crippen LogP contribution in [0, 0.1) is 0 Å². The van der Waals surface area contributed by atoms with Crippen LogP contribution in [0.1, 0.15) is 31.0 Å². The fourth-order valence-electron chi connectivity index (χ4n) is 2.08. The van der Waals surface area contributed by atoms with Gasteiger partial charge in [-0.3, -0.25) is 0 Å². The summed E-state index contributed by atoms with van der Waals surface area (Å²) in [6.45, 7) is 5.38. The largest absolute Gasteiger partial charge is 0.358 e. The smallest absolute Gasteiger partial charge is 0.0459 e. The molecule has 2 heteroatoms. The molecule has 2 rings (SSSR count). The number of hydrogen-bond donors (Lipinski definition) is 2. The Morgan fingerprint density at radius 3 is 2.67 bits per heavy atom. The second-order valence-electron chi connectivity index (χ2n) is 4.25. The van der Waals surface area contributed by atoms with Crippen LogP contribution in [-0.2, 0) is 6.54 Å². The Balaban J connectivity index is 2.63. The zero-order valence-electron chi connectivity index (χ0n) is 9.59. The highest BCUT2D eigenvalue weighted by molar-refractivity contribution is 5.84. The Morgan fingerprint density at radius 1 is 1.27 bits per heavy atom. The van der Waals surface area contributed by atoms with E-state index in [0.717, 1.165) is 6.54 Å². The highest BCUT2D eigenvalue weighted by atomic mass is 14.8. The van der Waals surface area contributed by atoms with Crippen molar-refractivity contribution in [3.05, 3.63) is 35.5 Å². The molecule has 0 aliphatic rings. The molecule has 1 aromatic carbocycles. The maximum Gasteiger partial charge on any atom is 0.0459 e. The highest BCUT2D eigenvalue weighted by Gasteiger charge is 2.12. The summed E-state index contributed by atoms with van der Waals surface area (Å²) >= 11 is 0. The van der Waals surface area contributed by atoms with E-state index in [2.05, 4.69) is 48.4 Å². The van der Waals surface area contributed by atoms with Gasteiger partial charge in [0.2, 0.25) is 0 Å². The first-order valence-electron chi connectivity index (χ1n) is 5.48. The summed E-state index contributed by atoms with van der Waals surface area (Å²) in [4.78, 5) is 3.51. The average molecular weight is 202 g/mol. The third-order valence-electron chi connectivity index (χ3n) is 2.78. The van der Waals surface area contributed by atoms with Crippen LogP contribution >= 0.6 is 0 Å². The predicted molar refractivity (Wildman–Crippen MR) is 65.2 cm³/mol. The molecule has 0 amide bonds. The summed E-state index contributed by atoms with van der Waals surface area (Å²) in [5.74, 6) is 0.542. The molecule has 1 heterocycles. The van der Waals surface area contributed by atoms with Crippen molar-refractivity contribution in [3.63, 3.8) is 0 Å². The standard InChI is InChI=1S/C13H18N2/c1-9(2)13-11(8-14-3)10-6-4-5-7-12(10)15-13/h4-7,9,14-15H,8H2,1-3H3. The monoisotopic (exact) mass is 202 g/mol. The van der Waals surface area contributed by atoms with Crippen molar-refractivity contribution in [1.29, 1.82) is 0 Å². The van der Waals surface area contributed by atoms with E-state index < -0.39 is 0 Å². The van der Waals surface area contributed by atoms with Crippen molar-refractivity contribution in [2.45, 2.75) is 26.3 Å². The number of aromatic amines is 1. The van der Waals surface area contributed by atoms with E-state index in [1.54, 1.807) is 0 Å². The van der Waals surface area contributed by atoms with Gasteiger partial charge in [0.15, 0.2) is 0 Å². The predicted octanol–water partition coefficient (Wildman–Crippen LogP) is 3.01. The zero-order chi connectivity index (χ0) is 10.8. The fraction of sp³-hybridized carbons (Fsp3) is 0.385. The highest BCUT2D eigenvalue weighted by Crippen LogP contribution is 2.27. The molecule has 0 spiro atoms. The maximum absolute atomic E-state index is 3.51. The Bertz CT molecular complexity index is 455. The SMILES string of the molecule is CNCc1c(C(C)C)[nH]c2ccccc12. The molecule has 0 fully saturated rings. The first kappa shape index (κ1) is 10.2. The number of H-pyrrole nitrogens is 1. The third kappa shape index (κ3) is 1.77. The van der Waals surface area contributed by atoms with Gasteiger partial charge in [-0.1, -0.05) is 32.0 Å². The molecule has 0 unspecified atom stereocenters. The van der Waals surface area contributed by atoms with Crippen molar-refractivity contribution < 1.29 is 0 Å². The van der Waals surface area contributed by atoms with E-state index in [9.17, 15) is 0 Å². The Labute approximate surface area is 90.7 Å². The molecule has 0 saturated heterocycles. The second kappa shape index (κ2) is 4.07. The Morgan fingerprint density at radius 2 is 2.00 bits per heavy atom. The topological polar surface area (TPSA) is 27.8 Å². The first-order valence-corrected chi connectivity index (χ1v) is 5.48. The first-order chi connectivity index (χ1) is 7.24. The molecule has 0 aliphatic carbocycles. The molecule has 0 saturated carbocycles. The van der Waals surface area contributed by atoms with Crippen LogP contribution in [0.25, 0.3) is 10.9 Å². The number of para-hydroxylation sites is 1. The molecule has 2 N–H and O–H groups in total. The summed E-state index contributed by atoms with van der Waals surface area (Å²) < 4.78 is 0. The van der Waals surface area contributed by atoms with Crippen molar-refractivity contribution >= 4 is 10.9 Å². The van der Waals surface area contributed by atoms with Crippen LogP contribution in [0.4, 0.5) is 0 Å². The third-order valence-corrected chi connectivity index (χ3v) is 2.78. The van der Waals surface area contributed by atoms with Crippen LogP contribution in [-0.4, -0.2) is 12.0 Å². The van der Waals surface area contributed by atoms with Gasteiger partial charge in [0, 0.05) is 23.1 Å². The Kier molecular flexibility index (Phi) is 2.78. The van der Waals surface area contributed by atoms with E-state index in [4.69, 9.17) is 0 Å². The summed E-state index contributed by atoms with van der Waals surface area (Å²) in [5, 5.41) is 4.58. The van der Waals surface area contributed by atoms with Gasteiger partial charge < -0.3 is 10.3 Å². The number of aromatic nitrogens is 1. The molecule has 2 nitrogen and oxygen atoms in total. The van der Waals surface area contributed by atoms with Gasteiger partial charge in [-0.2, -0.15) is 0 Å². The quantitative estimate of drug-likeness (QED) is 0.786. The lowest BCUT2D eigenvalue weighted by atomic mass is 10.0. The second-order valence-corrected chi connectivity index (χ2v) is 4.25. The van der Waals surface area contributed by atoms with Gasteiger partial charge in [0.05, 0.1) is 0 Å². The minimum Gasteiger partial charge on any atom is -0.358 e. The van der Waals surface area contributed by atoms with Gasteiger partial charge in [-0.15, -0.1) is 0 Å². The number of fused-ring (bicyclic) bond motifs is 1. The molecule has 15 heavy (non-hydrogen) atoms. The lowest BCUT2D eigenvalue weighted by Gasteiger charge is -2.06. The number of benzene rings is 1. The van der Waals surface area contributed by atoms with Crippen LogP contribution < -0.4 is 5.32 Å². The van der Waals surface area contributed by atoms with Crippen LogP contribution in [0.15, 0.2) is 24.3 Å². The maximum atomic E-state index is 3.51. The van der Waals surface area contributed by atoms with Crippen LogP contribution in [0.5, 0.6) is 0 Å². The van der Waals surface area contributed by atoms with Gasteiger partial charge >= 0.3 is 0 Å². The zero-order valence-corrected chi connectivity index (χ0v) is 9.59. The molecular formula is C13H18N2. The summed E-state index contributed by atoms with van der Waals surface area (Å²) in [6, 6.07) is 8.50.